The lowest BCUT2D eigenvalue weighted by Crippen LogP contribution is -2.28. The maximum Gasteiger partial charge on any atom is 0.260 e. The quantitative estimate of drug-likeness (QED) is 0.440. The Morgan fingerprint density at radius 2 is 1.80 bits per heavy atom. The largest absolute Gasteiger partial charge is 0.497 e. The van der Waals surface area contributed by atoms with Crippen LogP contribution in [0.3, 0.4) is 0 Å². The number of benzene rings is 3. The summed E-state index contributed by atoms with van der Waals surface area (Å²) >= 11 is 0. The third-order valence-electron chi connectivity index (χ3n) is 6.03. The van der Waals surface area contributed by atoms with E-state index >= 15 is 0 Å². The Kier molecular flexibility index (Phi) is 6.01. The van der Waals surface area contributed by atoms with Gasteiger partial charge in [0.15, 0.2) is 0 Å². The van der Waals surface area contributed by atoms with Crippen molar-refractivity contribution >= 4 is 23.2 Å². The number of rotatable bonds is 6. The molecule has 1 aliphatic rings. The van der Waals surface area contributed by atoms with E-state index in [1.807, 2.05) is 67.6 Å². The van der Waals surface area contributed by atoms with Crippen molar-refractivity contribution in [1.29, 1.82) is 0 Å². The number of hydrogen-bond donors (Lipinski definition) is 1. The van der Waals surface area contributed by atoms with Gasteiger partial charge in [0.05, 0.1) is 24.3 Å². The molecule has 35 heavy (non-hydrogen) atoms. The summed E-state index contributed by atoms with van der Waals surface area (Å²) in [7, 11) is 1.61. The molecule has 3 aromatic carbocycles. The summed E-state index contributed by atoms with van der Waals surface area (Å²) in [6.45, 7) is 2.32. The van der Waals surface area contributed by atoms with Crippen LogP contribution in [0.5, 0.6) is 5.75 Å². The first-order valence-electron chi connectivity index (χ1n) is 11.3. The van der Waals surface area contributed by atoms with Crippen molar-refractivity contribution in [1.82, 2.24) is 10.1 Å². The van der Waals surface area contributed by atoms with Gasteiger partial charge in [0.25, 0.3) is 5.89 Å². The van der Waals surface area contributed by atoms with Crippen LogP contribution in [-0.4, -0.2) is 35.6 Å². The Morgan fingerprint density at radius 1 is 1.06 bits per heavy atom. The minimum Gasteiger partial charge on any atom is -0.497 e. The van der Waals surface area contributed by atoms with Crippen molar-refractivity contribution in [2.24, 2.45) is 5.92 Å². The van der Waals surface area contributed by atoms with Crippen molar-refractivity contribution in [3.8, 4) is 28.6 Å². The molecule has 1 aromatic heterocycles. The number of aromatic nitrogens is 2. The summed E-state index contributed by atoms with van der Waals surface area (Å²) in [5.74, 6) is 0.694. The first-order chi connectivity index (χ1) is 17.0. The van der Waals surface area contributed by atoms with Crippen LogP contribution in [0.4, 0.5) is 11.4 Å². The third kappa shape index (κ3) is 4.63. The van der Waals surface area contributed by atoms with Gasteiger partial charge in [-0.15, -0.1) is 0 Å². The molecule has 0 bridgehead atoms. The molecule has 0 saturated carbocycles. The van der Waals surface area contributed by atoms with E-state index in [-0.39, 0.29) is 24.1 Å². The molecule has 1 N–H and O–H groups in total. The number of hydrogen-bond acceptors (Lipinski definition) is 6. The molecule has 2 heterocycles. The molecule has 2 amide bonds. The van der Waals surface area contributed by atoms with Gasteiger partial charge in [0.2, 0.25) is 17.6 Å². The second kappa shape index (κ2) is 9.42. The summed E-state index contributed by atoms with van der Waals surface area (Å²) in [4.78, 5) is 31.9. The fraction of sp³-hybridized carbons (Fsp3) is 0.185. The highest BCUT2D eigenvalue weighted by molar-refractivity contribution is 6.04. The number of anilines is 2. The highest BCUT2D eigenvalue weighted by Crippen LogP contribution is 2.31. The predicted octanol–water partition coefficient (Wildman–Crippen LogP) is 4.71. The minimum absolute atomic E-state index is 0.0664. The van der Waals surface area contributed by atoms with Gasteiger partial charge >= 0.3 is 0 Å². The molecule has 8 heteroatoms. The van der Waals surface area contributed by atoms with Crippen molar-refractivity contribution in [3.05, 3.63) is 78.4 Å². The second-order valence-electron chi connectivity index (χ2n) is 8.43. The van der Waals surface area contributed by atoms with Gasteiger partial charge in [-0.1, -0.05) is 35.0 Å². The van der Waals surface area contributed by atoms with Crippen LogP contribution < -0.4 is 15.0 Å². The Bertz CT molecular complexity index is 1360. The number of amides is 2. The van der Waals surface area contributed by atoms with E-state index in [4.69, 9.17) is 9.26 Å². The van der Waals surface area contributed by atoms with E-state index in [0.29, 0.717) is 23.6 Å². The normalized spacial score (nSPS) is 15.3. The Labute approximate surface area is 202 Å². The predicted molar refractivity (Wildman–Crippen MR) is 132 cm³/mol. The molecule has 8 nitrogen and oxygen atoms in total. The molecule has 1 unspecified atom stereocenters. The van der Waals surface area contributed by atoms with Gasteiger partial charge < -0.3 is 19.5 Å². The van der Waals surface area contributed by atoms with E-state index in [2.05, 4.69) is 15.5 Å². The molecule has 1 saturated heterocycles. The Morgan fingerprint density at radius 3 is 2.54 bits per heavy atom. The first kappa shape index (κ1) is 22.3. The maximum absolute atomic E-state index is 13.1. The van der Waals surface area contributed by atoms with E-state index < -0.39 is 5.92 Å². The summed E-state index contributed by atoms with van der Waals surface area (Å²) in [6, 6.07) is 22.3. The van der Waals surface area contributed by atoms with Gasteiger partial charge in [-0.05, 0) is 55.5 Å². The van der Waals surface area contributed by atoms with Crippen LogP contribution in [0.15, 0.2) is 77.3 Å². The van der Waals surface area contributed by atoms with Crippen LogP contribution in [0.1, 0.15) is 12.0 Å². The monoisotopic (exact) mass is 468 g/mol. The van der Waals surface area contributed by atoms with Crippen molar-refractivity contribution in [3.63, 3.8) is 0 Å². The van der Waals surface area contributed by atoms with Gasteiger partial charge in [0, 0.05) is 24.2 Å². The van der Waals surface area contributed by atoms with Crippen LogP contribution >= 0.6 is 0 Å². The minimum atomic E-state index is -0.464. The lowest BCUT2D eigenvalue weighted by atomic mass is 10.1. The third-order valence-corrected chi connectivity index (χ3v) is 6.03. The summed E-state index contributed by atoms with van der Waals surface area (Å²) in [6.07, 6.45) is 0.157. The van der Waals surface area contributed by atoms with Gasteiger partial charge in [-0.25, -0.2) is 0 Å². The Hall–Kier alpha value is -4.46. The maximum atomic E-state index is 13.1. The van der Waals surface area contributed by atoms with Crippen molar-refractivity contribution in [2.45, 2.75) is 13.3 Å². The Balaban J connectivity index is 1.32. The van der Waals surface area contributed by atoms with Gasteiger partial charge in [-0.3, -0.25) is 9.59 Å². The average Bonchev–Trinajstić information content (AvgIpc) is 3.52. The van der Waals surface area contributed by atoms with Gasteiger partial charge in [-0.2, -0.15) is 4.98 Å². The fourth-order valence-electron chi connectivity index (χ4n) is 4.06. The van der Waals surface area contributed by atoms with E-state index in [0.717, 1.165) is 22.6 Å². The first-order valence-corrected chi connectivity index (χ1v) is 11.3. The molecule has 1 fully saturated rings. The molecule has 176 valence electrons. The zero-order valence-electron chi connectivity index (χ0n) is 19.4. The molecular formula is C27H24N4O4. The van der Waals surface area contributed by atoms with Gasteiger partial charge in [0.1, 0.15) is 5.75 Å². The molecule has 0 aliphatic carbocycles. The van der Waals surface area contributed by atoms with Crippen LogP contribution in [0, 0.1) is 12.8 Å². The average molecular weight is 469 g/mol. The molecule has 5 rings (SSSR count). The number of aryl methyl sites for hydroxylation is 1. The highest BCUT2D eigenvalue weighted by Gasteiger charge is 2.35. The number of carbonyl (C=O) groups is 2. The SMILES string of the molecule is COc1ccc(-c2noc(-c3ccccc3NC(=O)C3CC(=O)N(c4ccc(C)cc4)C3)n2)cc1. The number of para-hydroxylation sites is 1. The number of carbonyl (C=O) groups excluding carboxylic acids is 2. The highest BCUT2D eigenvalue weighted by atomic mass is 16.5. The van der Waals surface area contributed by atoms with Crippen LogP contribution in [0.2, 0.25) is 0 Å². The molecule has 1 atom stereocenters. The number of ether oxygens (including phenoxy) is 1. The van der Waals surface area contributed by atoms with Crippen LogP contribution in [-0.2, 0) is 9.59 Å². The topological polar surface area (TPSA) is 97.6 Å². The van der Waals surface area contributed by atoms with Crippen molar-refractivity contribution < 1.29 is 18.8 Å². The zero-order valence-corrected chi connectivity index (χ0v) is 19.4. The van der Waals surface area contributed by atoms with Crippen LogP contribution in [0.25, 0.3) is 22.8 Å². The molecule has 4 aromatic rings. The van der Waals surface area contributed by atoms with E-state index in [1.54, 1.807) is 24.1 Å². The molecule has 0 spiro atoms. The summed E-state index contributed by atoms with van der Waals surface area (Å²) < 4.78 is 10.7. The smallest absolute Gasteiger partial charge is 0.260 e. The fourth-order valence-corrected chi connectivity index (χ4v) is 4.06. The second-order valence-corrected chi connectivity index (χ2v) is 8.43. The number of methoxy groups -OCH3 is 1. The standard InChI is InChI=1S/C27H24N4O4/c1-17-7-11-20(12-8-17)31-16-19(15-24(31)32)26(33)28-23-6-4-3-5-22(23)27-29-25(30-35-27)18-9-13-21(34-2)14-10-18/h3-14,19H,15-16H2,1-2H3,(H,28,33). The van der Waals surface area contributed by atoms with E-state index in [1.165, 1.54) is 0 Å². The molecular weight excluding hydrogens is 444 g/mol. The number of nitrogens with zero attached hydrogens (tertiary/aromatic N) is 3. The lowest BCUT2D eigenvalue weighted by molar-refractivity contribution is -0.122. The zero-order chi connectivity index (χ0) is 24.4. The van der Waals surface area contributed by atoms with E-state index in [9.17, 15) is 9.59 Å². The molecule has 1 aliphatic heterocycles. The molecule has 0 radical (unpaired) electrons. The summed E-state index contributed by atoms with van der Waals surface area (Å²) in [5, 5.41) is 7.04. The summed E-state index contributed by atoms with van der Waals surface area (Å²) in [5.41, 5.74) is 3.84. The van der Waals surface area contributed by atoms with Crippen molar-refractivity contribution in [2.75, 3.05) is 23.9 Å². The lowest BCUT2D eigenvalue weighted by Gasteiger charge is -2.17. The number of nitrogens with one attached hydrogen (secondary N) is 1.